The first-order chi connectivity index (χ1) is 14.6. The predicted octanol–water partition coefficient (Wildman–Crippen LogP) is 5.22. The van der Waals surface area contributed by atoms with Crippen LogP contribution in [0.25, 0.3) is 5.57 Å². The van der Waals surface area contributed by atoms with Gasteiger partial charge in [0, 0.05) is 11.3 Å². The summed E-state index contributed by atoms with van der Waals surface area (Å²) in [5.41, 5.74) is 3.73. The molecule has 0 spiro atoms. The average Bonchev–Trinajstić information content (AvgIpc) is 3.03. The summed E-state index contributed by atoms with van der Waals surface area (Å²) < 4.78 is 5.48. The summed E-state index contributed by atoms with van der Waals surface area (Å²) in [6.07, 6.45) is 0. The number of carbonyl (C=O) groups is 2. The Kier molecular flexibility index (Phi) is 5.72. The van der Waals surface area contributed by atoms with E-state index in [1.54, 1.807) is 25.3 Å². The van der Waals surface area contributed by atoms with Gasteiger partial charge in [-0.15, -0.1) is 11.8 Å². The van der Waals surface area contributed by atoms with Gasteiger partial charge in [0.05, 0.1) is 23.3 Å². The van der Waals surface area contributed by atoms with E-state index in [2.05, 4.69) is 0 Å². The van der Waals surface area contributed by atoms with Crippen LogP contribution in [0.5, 0.6) is 5.75 Å². The number of benzene rings is 3. The molecule has 0 fully saturated rings. The maximum atomic E-state index is 13.5. The first-order valence-corrected chi connectivity index (χ1v) is 10.6. The number of carbonyl (C=O) groups excluding carboxylic acids is 2. The van der Waals surface area contributed by atoms with Crippen molar-refractivity contribution in [3.05, 3.63) is 100 Å². The molecule has 1 aliphatic heterocycles. The first kappa shape index (κ1) is 20.0. The molecule has 150 valence electrons. The highest BCUT2D eigenvalue weighted by atomic mass is 32.2. The molecule has 0 aliphatic carbocycles. The van der Waals surface area contributed by atoms with Gasteiger partial charge in [0.1, 0.15) is 5.75 Å². The van der Waals surface area contributed by atoms with Crippen molar-refractivity contribution in [2.24, 2.45) is 0 Å². The van der Waals surface area contributed by atoms with Gasteiger partial charge in [-0.3, -0.25) is 9.59 Å². The second kappa shape index (κ2) is 8.59. The third kappa shape index (κ3) is 3.76. The zero-order valence-corrected chi connectivity index (χ0v) is 17.6. The lowest BCUT2D eigenvalue weighted by molar-refractivity contribution is -0.119. The standard InChI is InChI=1S/C25H21NO3S/c1-17-12-14-19(15-13-17)26-24(27)22(20-10-6-7-11-21(20)29-2)23(25(26)28)30-16-18-8-4-3-5-9-18/h3-15H,16H2,1-2H3. The number of hydrogen-bond acceptors (Lipinski definition) is 4. The van der Waals surface area contributed by atoms with Gasteiger partial charge in [-0.05, 0) is 30.7 Å². The third-order valence-corrected chi connectivity index (χ3v) is 6.08. The van der Waals surface area contributed by atoms with E-state index in [0.717, 1.165) is 11.1 Å². The number of ether oxygens (including phenoxy) is 1. The van der Waals surface area contributed by atoms with E-state index in [1.807, 2.05) is 67.6 Å². The van der Waals surface area contributed by atoms with Crippen molar-refractivity contribution < 1.29 is 14.3 Å². The van der Waals surface area contributed by atoms with Crippen LogP contribution in [0.1, 0.15) is 16.7 Å². The fraction of sp³-hybridized carbons (Fsp3) is 0.120. The van der Waals surface area contributed by atoms with Crippen molar-refractivity contribution in [2.45, 2.75) is 12.7 Å². The lowest BCUT2D eigenvalue weighted by Crippen LogP contribution is -2.31. The molecule has 0 aromatic heterocycles. The van der Waals surface area contributed by atoms with Crippen molar-refractivity contribution >= 4 is 34.8 Å². The van der Waals surface area contributed by atoms with E-state index >= 15 is 0 Å². The maximum absolute atomic E-state index is 13.5. The minimum atomic E-state index is -0.330. The number of thioether (sulfide) groups is 1. The molecular weight excluding hydrogens is 394 g/mol. The van der Waals surface area contributed by atoms with Gasteiger partial charge in [-0.2, -0.15) is 0 Å². The lowest BCUT2D eigenvalue weighted by atomic mass is 10.0. The number of hydrogen-bond donors (Lipinski definition) is 0. The molecule has 0 saturated heterocycles. The number of amides is 2. The van der Waals surface area contributed by atoms with Crippen molar-refractivity contribution in [3.8, 4) is 5.75 Å². The Balaban J connectivity index is 1.78. The molecule has 0 atom stereocenters. The Bertz CT molecular complexity index is 1120. The normalized spacial score (nSPS) is 13.9. The minimum absolute atomic E-state index is 0.300. The number of anilines is 1. The van der Waals surface area contributed by atoms with Crippen LogP contribution >= 0.6 is 11.8 Å². The highest BCUT2D eigenvalue weighted by Crippen LogP contribution is 2.42. The first-order valence-electron chi connectivity index (χ1n) is 9.60. The summed E-state index contributed by atoms with van der Waals surface area (Å²) in [5.74, 6) is 0.530. The van der Waals surface area contributed by atoms with E-state index < -0.39 is 0 Å². The number of imide groups is 1. The number of nitrogens with zero attached hydrogens (tertiary/aromatic N) is 1. The molecule has 2 amide bonds. The molecule has 0 N–H and O–H groups in total. The highest BCUT2D eigenvalue weighted by Gasteiger charge is 2.41. The zero-order chi connectivity index (χ0) is 21.1. The third-order valence-electron chi connectivity index (χ3n) is 4.94. The molecule has 4 nitrogen and oxygen atoms in total. The second-order valence-electron chi connectivity index (χ2n) is 6.96. The summed E-state index contributed by atoms with van der Waals surface area (Å²) in [6.45, 7) is 1.97. The number of aryl methyl sites for hydroxylation is 1. The predicted molar refractivity (Wildman–Crippen MR) is 121 cm³/mol. The summed E-state index contributed by atoms with van der Waals surface area (Å²) in [4.78, 5) is 28.6. The van der Waals surface area contributed by atoms with Crippen LogP contribution in [0.15, 0.2) is 83.8 Å². The van der Waals surface area contributed by atoms with Gasteiger partial charge in [-0.25, -0.2) is 4.90 Å². The van der Waals surface area contributed by atoms with Crippen LogP contribution in [0, 0.1) is 6.92 Å². The average molecular weight is 416 g/mol. The summed E-state index contributed by atoms with van der Waals surface area (Å²) >= 11 is 1.38. The molecule has 4 rings (SSSR count). The number of methoxy groups -OCH3 is 1. The van der Waals surface area contributed by atoms with Gasteiger partial charge < -0.3 is 4.74 Å². The molecule has 0 bridgehead atoms. The summed E-state index contributed by atoms with van der Waals surface area (Å²) in [6, 6.07) is 24.6. The second-order valence-corrected chi connectivity index (χ2v) is 7.95. The Morgan fingerprint density at radius 2 is 1.50 bits per heavy atom. The summed E-state index contributed by atoms with van der Waals surface area (Å²) in [5, 5.41) is 0. The molecule has 0 saturated carbocycles. The van der Waals surface area contributed by atoms with Gasteiger partial charge >= 0.3 is 0 Å². The van der Waals surface area contributed by atoms with Crippen molar-refractivity contribution in [1.29, 1.82) is 0 Å². The van der Waals surface area contributed by atoms with Crippen LogP contribution in [0.2, 0.25) is 0 Å². The lowest BCUT2D eigenvalue weighted by Gasteiger charge is -2.15. The Labute approximate surface area is 180 Å². The van der Waals surface area contributed by atoms with Gasteiger partial charge in [0.15, 0.2) is 0 Å². The molecular formula is C25H21NO3S. The van der Waals surface area contributed by atoms with E-state index in [4.69, 9.17) is 4.74 Å². The van der Waals surface area contributed by atoms with Crippen LogP contribution in [-0.4, -0.2) is 18.9 Å². The quantitative estimate of drug-likeness (QED) is 0.518. The summed E-state index contributed by atoms with van der Waals surface area (Å²) in [7, 11) is 1.56. The molecule has 0 radical (unpaired) electrons. The van der Waals surface area contributed by atoms with Crippen LogP contribution in [0.4, 0.5) is 5.69 Å². The minimum Gasteiger partial charge on any atom is -0.496 e. The van der Waals surface area contributed by atoms with Gasteiger partial charge in [-0.1, -0.05) is 66.2 Å². The highest BCUT2D eigenvalue weighted by molar-refractivity contribution is 8.03. The van der Waals surface area contributed by atoms with Gasteiger partial charge in [0.2, 0.25) is 0 Å². The Morgan fingerprint density at radius 3 is 2.20 bits per heavy atom. The maximum Gasteiger partial charge on any atom is 0.272 e. The topological polar surface area (TPSA) is 46.6 Å². The van der Waals surface area contributed by atoms with E-state index in [9.17, 15) is 9.59 Å². The monoisotopic (exact) mass is 415 g/mol. The van der Waals surface area contributed by atoms with Crippen molar-refractivity contribution in [2.75, 3.05) is 12.0 Å². The number of rotatable bonds is 6. The fourth-order valence-corrected chi connectivity index (χ4v) is 4.45. The largest absolute Gasteiger partial charge is 0.496 e. The van der Waals surface area contributed by atoms with Gasteiger partial charge in [0.25, 0.3) is 11.8 Å². The zero-order valence-electron chi connectivity index (χ0n) is 16.8. The van der Waals surface area contributed by atoms with E-state index in [1.165, 1.54) is 16.7 Å². The molecule has 1 aliphatic rings. The molecule has 3 aromatic carbocycles. The fourth-order valence-electron chi connectivity index (χ4n) is 3.39. The molecule has 5 heteroatoms. The molecule has 30 heavy (non-hydrogen) atoms. The molecule has 1 heterocycles. The Morgan fingerprint density at radius 1 is 0.833 bits per heavy atom. The van der Waals surface area contributed by atoms with Crippen molar-refractivity contribution in [3.63, 3.8) is 0 Å². The van der Waals surface area contributed by atoms with E-state index in [0.29, 0.717) is 33.2 Å². The SMILES string of the molecule is COc1ccccc1C1=C(SCc2ccccc2)C(=O)N(c2ccc(C)cc2)C1=O. The smallest absolute Gasteiger partial charge is 0.272 e. The Hall–Kier alpha value is -3.31. The van der Waals surface area contributed by atoms with Crippen molar-refractivity contribution in [1.82, 2.24) is 0 Å². The molecule has 3 aromatic rings. The number of para-hydroxylation sites is 1. The van der Waals surface area contributed by atoms with Crippen LogP contribution in [-0.2, 0) is 15.3 Å². The van der Waals surface area contributed by atoms with E-state index in [-0.39, 0.29) is 11.8 Å². The van der Waals surface area contributed by atoms with Crippen LogP contribution < -0.4 is 9.64 Å². The van der Waals surface area contributed by atoms with Crippen LogP contribution in [0.3, 0.4) is 0 Å². The molecule has 0 unspecified atom stereocenters.